The number of thiophene rings is 3. The van der Waals surface area contributed by atoms with Crippen molar-refractivity contribution in [1.29, 1.82) is 5.26 Å². The van der Waals surface area contributed by atoms with Crippen molar-refractivity contribution in [2.24, 2.45) is 0 Å². The van der Waals surface area contributed by atoms with Gasteiger partial charge in [0, 0.05) is 42.1 Å². The number of aliphatic hydroxyl groups is 1. The summed E-state index contributed by atoms with van der Waals surface area (Å²) in [7, 11) is 0. The first-order chi connectivity index (χ1) is 17.9. The lowest BCUT2D eigenvalue weighted by Crippen LogP contribution is -1.70. The number of aliphatic hydroxyl groups excluding tert-OH is 1. The number of rotatable bonds is 3. The highest BCUT2D eigenvalue weighted by Gasteiger charge is 2.02. The Balaban J connectivity index is 0.000000130. The maximum atomic E-state index is 8.91. The minimum atomic E-state index is 0.136. The molecule has 0 radical (unpaired) electrons. The lowest BCUT2D eigenvalue weighted by atomic mass is 10.2. The molecule has 3 aromatic carbocycles. The van der Waals surface area contributed by atoms with E-state index in [1.54, 1.807) is 34.0 Å². The van der Waals surface area contributed by atoms with E-state index in [9.17, 15) is 0 Å². The third kappa shape index (κ3) is 7.87. The van der Waals surface area contributed by atoms with Gasteiger partial charge >= 0.3 is 0 Å². The molecule has 3 aromatic heterocycles. The number of hydrogen-bond donors (Lipinski definition) is 1. The van der Waals surface area contributed by atoms with Gasteiger partial charge in [-0.3, -0.25) is 0 Å². The highest BCUT2D eigenvalue weighted by molar-refractivity contribution is 9.11. The van der Waals surface area contributed by atoms with Crippen molar-refractivity contribution in [3.8, 4) is 6.07 Å². The van der Waals surface area contributed by atoms with E-state index >= 15 is 0 Å². The maximum Gasteiger partial charge on any atom is 0.0774 e. The van der Waals surface area contributed by atoms with E-state index in [0.29, 0.717) is 12.3 Å². The third-order valence-electron chi connectivity index (χ3n) is 5.14. The predicted octanol–water partition coefficient (Wildman–Crippen LogP) is 11.3. The molecule has 9 heteroatoms. The van der Waals surface area contributed by atoms with E-state index in [-0.39, 0.29) is 6.61 Å². The largest absolute Gasteiger partial charge is 0.391 e. The zero-order valence-electron chi connectivity index (χ0n) is 19.2. The zero-order chi connectivity index (χ0) is 26.4. The monoisotopic (exact) mass is 753 g/mol. The smallest absolute Gasteiger partial charge is 0.0774 e. The highest BCUT2D eigenvalue weighted by Crippen LogP contribution is 2.30. The first-order valence-corrected chi connectivity index (χ1v) is 16.3. The molecule has 6 aromatic rings. The van der Waals surface area contributed by atoms with Crippen LogP contribution >= 0.6 is 93.4 Å². The molecule has 0 amide bonds. The molecule has 0 atom stereocenters. The van der Waals surface area contributed by atoms with Crippen molar-refractivity contribution in [1.82, 2.24) is 0 Å². The Morgan fingerprint density at radius 1 is 0.649 bits per heavy atom. The molecule has 37 heavy (non-hydrogen) atoms. The molecule has 0 saturated heterocycles. The maximum absolute atomic E-state index is 8.91. The van der Waals surface area contributed by atoms with Crippen molar-refractivity contribution < 1.29 is 5.11 Å². The normalized spacial score (nSPS) is 10.6. The second kappa shape index (κ2) is 13.7. The first kappa shape index (κ1) is 28.7. The minimum absolute atomic E-state index is 0.136. The number of nitriles is 1. The molecule has 0 spiro atoms. The lowest BCUT2D eigenvalue weighted by Gasteiger charge is -1.88. The van der Waals surface area contributed by atoms with Crippen LogP contribution < -0.4 is 0 Å². The summed E-state index contributed by atoms with van der Waals surface area (Å²) in [5.74, 6) is 0.608. The van der Waals surface area contributed by atoms with Gasteiger partial charge in [-0.25, -0.2) is 0 Å². The Kier molecular flexibility index (Phi) is 10.6. The van der Waals surface area contributed by atoms with Crippen molar-refractivity contribution >= 4 is 124 Å². The van der Waals surface area contributed by atoms with Crippen LogP contribution in [0.1, 0.15) is 14.6 Å². The fourth-order valence-electron chi connectivity index (χ4n) is 3.49. The summed E-state index contributed by atoms with van der Waals surface area (Å²) < 4.78 is 7.04. The summed E-state index contributed by atoms with van der Waals surface area (Å²) in [6.45, 7) is 0.136. The Morgan fingerprint density at radius 2 is 1.05 bits per heavy atom. The van der Waals surface area contributed by atoms with E-state index in [1.165, 1.54) is 35.1 Å². The van der Waals surface area contributed by atoms with Gasteiger partial charge in [-0.1, -0.05) is 66.0 Å². The summed E-state index contributed by atoms with van der Waals surface area (Å²) >= 11 is 21.1. The highest BCUT2D eigenvalue weighted by atomic mass is 79.9. The second-order valence-corrected chi connectivity index (χ2v) is 14.3. The number of alkyl halides is 1. The quantitative estimate of drug-likeness (QED) is 0.183. The van der Waals surface area contributed by atoms with Crippen LogP contribution in [-0.4, -0.2) is 5.11 Å². The van der Waals surface area contributed by atoms with Crippen LogP contribution in [0.5, 0.6) is 0 Å². The SMILES string of the molecule is ClCc1cc2ccc(Br)cc2s1.N#CCc1cc2ccc(Br)cc2s1.OCc1cc2ccc(Br)cc2s1. The molecule has 188 valence electrons. The van der Waals surface area contributed by atoms with Gasteiger partial charge in [-0.15, -0.1) is 45.6 Å². The molecule has 0 bridgehead atoms. The van der Waals surface area contributed by atoms with Crippen molar-refractivity contribution in [2.45, 2.75) is 18.9 Å². The Morgan fingerprint density at radius 3 is 1.49 bits per heavy atom. The van der Waals surface area contributed by atoms with E-state index in [1.807, 2.05) is 24.3 Å². The topological polar surface area (TPSA) is 44.0 Å². The van der Waals surface area contributed by atoms with Gasteiger partial charge in [0.2, 0.25) is 0 Å². The number of hydrogen-bond acceptors (Lipinski definition) is 5. The number of nitrogens with zero attached hydrogens (tertiary/aromatic N) is 1. The molecule has 1 N–H and O–H groups in total. The summed E-state index contributed by atoms with van der Waals surface area (Å²) in [6, 6.07) is 27.0. The molecule has 0 unspecified atom stereocenters. The molecular weight excluding hydrogens is 738 g/mol. The van der Waals surface area contributed by atoms with Crippen LogP contribution in [-0.2, 0) is 18.9 Å². The fourth-order valence-corrected chi connectivity index (χ4v) is 8.22. The molecule has 0 fully saturated rings. The van der Waals surface area contributed by atoms with Gasteiger partial charge in [0.25, 0.3) is 0 Å². The van der Waals surface area contributed by atoms with Gasteiger partial charge in [-0.2, -0.15) is 5.26 Å². The van der Waals surface area contributed by atoms with Crippen LogP contribution in [0.4, 0.5) is 0 Å². The third-order valence-corrected chi connectivity index (χ3v) is 10.3. The van der Waals surface area contributed by atoms with Crippen LogP contribution in [0.2, 0.25) is 0 Å². The Bertz CT molecular complexity index is 1620. The molecule has 0 aliphatic rings. The van der Waals surface area contributed by atoms with E-state index in [0.717, 1.165) is 23.2 Å². The molecule has 3 heterocycles. The van der Waals surface area contributed by atoms with E-state index in [4.69, 9.17) is 22.0 Å². The molecular formula is C28H19Br3ClNOS3. The molecule has 0 aliphatic heterocycles. The van der Waals surface area contributed by atoms with Gasteiger partial charge < -0.3 is 5.11 Å². The predicted molar refractivity (Wildman–Crippen MR) is 173 cm³/mol. The molecule has 0 saturated carbocycles. The summed E-state index contributed by atoms with van der Waals surface area (Å²) in [6.07, 6.45) is 0.511. The summed E-state index contributed by atoms with van der Waals surface area (Å²) in [5, 5.41) is 21.2. The van der Waals surface area contributed by atoms with Crippen molar-refractivity contribution in [3.63, 3.8) is 0 Å². The average Bonchev–Trinajstić information content (AvgIpc) is 3.59. The molecule has 2 nitrogen and oxygen atoms in total. The number of halogens is 4. The Hall–Kier alpha value is -1.28. The zero-order valence-corrected chi connectivity index (χ0v) is 27.1. The summed E-state index contributed by atoms with van der Waals surface area (Å²) in [4.78, 5) is 3.38. The number of benzene rings is 3. The van der Waals surface area contributed by atoms with Crippen molar-refractivity contribution in [3.05, 3.63) is 101 Å². The summed E-state index contributed by atoms with van der Waals surface area (Å²) in [5.41, 5.74) is 0. The number of fused-ring (bicyclic) bond motifs is 3. The molecule has 0 aliphatic carbocycles. The van der Waals surface area contributed by atoms with Gasteiger partial charge in [-0.05, 0) is 70.8 Å². The van der Waals surface area contributed by atoms with Gasteiger partial charge in [0.05, 0.1) is 25.0 Å². The van der Waals surface area contributed by atoms with Crippen LogP contribution in [0.15, 0.2) is 86.2 Å². The minimum Gasteiger partial charge on any atom is -0.391 e. The lowest BCUT2D eigenvalue weighted by molar-refractivity contribution is 0.285. The van der Waals surface area contributed by atoms with Crippen LogP contribution in [0.3, 0.4) is 0 Å². The standard InChI is InChI=1S/C10H6BrNS.C9H6BrClS.C9H7BrOS/c11-8-2-1-7-5-9(3-4-12)13-10(7)6-8;2*10-7-2-1-6-3-8(5-11)12-9(6)4-7/h1-2,5-6H,3H2;1-4H,5H2;1-4,11H,5H2. The Labute approximate surface area is 257 Å². The van der Waals surface area contributed by atoms with Crippen LogP contribution in [0.25, 0.3) is 30.3 Å². The van der Waals surface area contributed by atoms with Gasteiger partial charge in [0.1, 0.15) is 0 Å². The van der Waals surface area contributed by atoms with Crippen molar-refractivity contribution in [2.75, 3.05) is 0 Å². The van der Waals surface area contributed by atoms with Gasteiger partial charge in [0.15, 0.2) is 0 Å². The first-order valence-electron chi connectivity index (χ1n) is 11.0. The second-order valence-electron chi connectivity index (χ2n) is 7.81. The van der Waals surface area contributed by atoms with E-state index < -0.39 is 0 Å². The fraction of sp³-hybridized carbons (Fsp3) is 0.107. The van der Waals surface area contributed by atoms with E-state index in [2.05, 4.69) is 102 Å². The molecule has 6 rings (SSSR count). The average molecular weight is 757 g/mol. The van der Waals surface area contributed by atoms with Crippen LogP contribution in [0, 0.1) is 11.3 Å².